The van der Waals surface area contributed by atoms with Crippen molar-refractivity contribution < 1.29 is 13.5 Å². The Morgan fingerprint density at radius 1 is 1.06 bits per heavy atom. The van der Waals surface area contributed by atoms with Crippen LogP contribution >= 0.6 is 15.9 Å². The van der Waals surface area contributed by atoms with Gasteiger partial charge in [-0.2, -0.15) is 0 Å². The Hall–Kier alpha value is -3.46. The first-order valence-corrected chi connectivity index (χ1v) is 12.0. The quantitative estimate of drug-likeness (QED) is 0.292. The molecule has 3 heterocycles. The van der Waals surface area contributed by atoms with Crippen LogP contribution in [0.1, 0.15) is 43.4 Å². The molecular formula is C27H25BrF2N4O2. The lowest BCUT2D eigenvalue weighted by Gasteiger charge is -2.18. The molecule has 4 aromatic rings. The number of aryl methyl sites for hydroxylation is 2. The van der Waals surface area contributed by atoms with E-state index in [0.717, 1.165) is 17.7 Å². The topological polar surface area (TPSA) is 69.9 Å². The molecule has 0 aliphatic heterocycles. The fourth-order valence-electron chi connectivity index (χ4n) is 3.65. The van der Waals surface area contributed by atoms with Crippen molar-refractivity contribution in [1.82, 2.24) is 19.5 Å². The van der Waals surface area contributed by atoms with Gasteiger partial charge in [0.15, 0.2) is 0 Å². The molecule has 0 amide bonds. The van der Waals surface area contributed by atoms with Crippen LogP contribution in [-0.4, -0.2) is 19.5 Å². The summed E-state index contributed by atoms with van der Waals surface area (Å²) in [5, 5.41) is 0. The van der Waals surface area contributed by atoms with E-state index in [0.29, 0.717) is 28.6 Å². The molecule has 0 unspecified atom stereocenters. The van der Waals surface area contributed by atoms with Gasteiger partial charge in [-0.3, -0.25) is 14.3 Å². The molecule has 4 rings (SSSR count). The molecule has 0 fully saturated rings. The van der Waals surface area contributed by atoms with E-state index in [1.165, 1.54) is 10.6 Å². The second kappa shape index (κ2) is 9.89. The van der Waals surface area contributed by atoms with Crippen molar-refractivity contribution >= 4 is 15.9 Å². The van der Waals surface area contributed by atoms with Gasteiger partial charge in [0.1, 0.15) is 34.3 Å². The van der Waals surface area contributed by atoms with Gasteiger partial charge in [-0.05, 0) is 59.6 Å². The third-order valence-electron chi connectivity index (χ3n) is 5.59. The minimum absolute atomic E-state index is 0.157. The fraction of sp³-hybridized carbons (Fsp3) is 0.259. The molecule has 0 atom stereocenters. The highest BCUT2D eigenvalue weighted by molar-refractivity contribution is 9.10. The second-order valence-electron chi connectivity index (χ2n) is 9.50. The normalized spacial score (nSPS) is 11.6. The Morgan fingerprint density at radius 2 is 1.81 bits per heavy atom. The van der Waals surface area contributed by atoms with Crippen LogP contribution in [0.2, 0.25) is 0 Å². The summed E-state index contributed by atoms with van der Waals surface area (Å²) in [6.07, 6.45) is 3.41. The van der Waals surface area contributed by atoms with Crippen molar-refractivity contribution in [3.8, 4) is 22.8 Å². The molecule has 3 aromatic heterocycles. The van der Waals surface area contributed by atoms with E-state index in [2.05, 4.69) is 25.9 Å². The summed E-state index contributed by atoms with van der Waals surface area (Å²) >= 11 is 3.32. The molecule has 36 heavy (non-hydrogen) atoms. The molecule has 0 bridgehead atoms. The average molecular weight is 555 g/mol. The SMILES string of the molecule is Cc1cnc(C(C)(C)C)nc1-c1cc(-n2c(C)cc(OCc3ccc(F)cc3F)c(Br)c2=O)ccn1. The molecule has 6 nitrogen and oxygen atoms in total. The van der Waals surface area contributed by atoms with Crippen LogP contribution in [0.3, 0.4) is 0 Å². The maximum absolute atomic E-state index is 14.0. The number of aromatic nitrogens is 4. The Labute approximate surface area is 216 Å². The van der Waals surface area contributed by atoms with Gasteiger partial charge < -0.3 is 4.74 Å². The number of pyridine rings is 2. The second-order valence-corrected chi connectivity index (χ2v) is 10.3. The maximum atomic E-state index is 14.0. The molecule has 0 saturated carbocycles. The van der Waals surface area contributed by atoms with Gasteiger partial charge >= 0.3 is 0 Å². The number of rotatable bonds is 5. The fourth-order valence-corrected chi connectivity index (χ4v) is 4.06. The first kappa shape index (κ1) is 25.6. The van der Waals surface area contributed by atoms with Crippen molar-refractivity contribution in [1.29, 1.82) is 0 Å². The zero-order valence-electron chi connectivity index (χ0n) is 20.6. The first-order valence-electron chi connectivity index (χ1n) is 11.3. The van der Waals surface area contributed by atoms with Gasteiger partial charge in [0.25, 0.3) is 5.56 Å². The van der Waals surface area contributed by atoms with E-state index in [4.69, 9.17) is 9.72 Å². The monoisotopic (exact) mass is 554 g/mol. The minimum Gasteiger partial charge on any atom is -0.487 e. The minimum atomic E-state index is -0.713. The van der Waals surface area contributed by atoms with Gasteiger partial charge in [-0.25, -0.2) is 18.7 Å². The summed E-state index contributed by atoms with van der Waals surface area (Å²) in [6, 6.07) is 8.48. The molecule has 9 heteroatoms. The third kappa shape index (κ3) is 5.21. The van der Waals surface area contributed by atoms with Crippen LogP contribution in [-0.2, 0) is 12.0 Å². The van der Waals surface area contributed by atoms with E-state index in [9.17, 15) is 13.6 Å². The number of hydrogen-bond acceptors (Lipinski definition) is 5. The van der Waals surface area contributed by atoms with Crippen LogP contribution in [0, 0.1) is 25.5 Å². The Morgan fingerprint density at radius 3 is 2.50 bits per heavy atom. The molecule has 0 aliphatic rings. The van der Waals surface area contributed by atoms with E-state index in [1.54, 1.807) is 37.5 Å². The van der Waals surface area contributed by atoms with Crippen LogP contribution in [0.15, 0.2) is 58.1 Å². The number of benzene rings is 1. The molecule has 0 N–H and O–H groups in total. The first-order chi connectivity index (χ1) is 17.0. The smallest absolute Gasteiger partial charge is 0.273 e. The zero-order valence-corrected chi connectivity index (χ0v) is 22.2. The van der Waals surface area contributed by atoms with Crippen molar-refractivity contribution in [2.45, 2.75) is 46.6 Å². The standard InChI is InChI=1S/C27H25BrF2N4O2/c1-15-13-32-26(27(3,4)5)33-24(15)21-12-19(8-9-31-21)34-16(2)10-22(23(28)25(34)35)36-14-17-6-7-18(29)11-20(17)30/h6-13H,14H2,1-5H3. The summed E-state index contributed by atoms with van der Waals surface area (Å²) in [4.78, 5) is 27.0. The van der Waals surface area contributed by atoms with Crippen LogP contribution in [0.25, 0.3) is 17.1 Å². The van der Waals surface area contributed by atoms with Crippen LogP contribution in [0.4, 0.5) is 8.78 Å². The number of halogens is 3. The van der Waals surface area contributed by atoms with E-state index in [-0.39, 0.29) is 33.4 Å². The maximum Gasteiger partial charge on any atom is 0.273 e. The van der Waals surface area contributed by atoms with E-state index in [1.807, 2.05) is 27.7 Å². The predicted octanol–water partition coefficient (Wildman–Crippen LogP) is 6.22. The lowest BCUT2D eigenvalue weighted by molar-refractivity contribution is 0.296. The van der Waals surface area contributed by atoms with Gasteiger partial charge in [0.05, 0.1) is 17.1 Å². The lowest BCUT2D eigenvalue weighted by atomic mass is 9.95. The molecule has 0 aliphatic carbocycles. The number of ether oxygens (including phenoxy) is 1. The Balaban J connectivity index is 1.70. The van der Waals surface area contributed by atoms with E-state index < -0.39 is 11.6 Å². The van der Waals surface area contributed by atoms with Crippen LogP contribution < -0.4 is 10.3 Å². The third-order valence-corrected chi connectivity index (χ3v) is 6.32. The van der Waals surface area contributed by atoms with Crippen LogP contribution in [0.5, 0.6) is 5.75 Å². The Bertz CT molecular complexity index is 1510. The van der Waals surface area contributed by atoms with Gasteiger partial charge in [-0.1, -0.05) is 20.8 Å². The summed E-state index contributed by atoms with van der Waals surface area (Å²) < 4.78 is 34.6. The number of hydrogen-bond donors (Lipinski definition) is 0. The Kier molecular flexibility index (Phi) is 7.04. The largest absolute Gasteiger partial charge is 0.487 e. The molecule has 186 valence electrons. The molecular weight excluding hydrogens is 530 g/mol. The molecule has 1 aromatic carbocycles. The van der Waals surface area contributed by atoms with Crippen molar-refractivity contribution in [3.63, 3.8) is 0 Å². The summed E-state index contributed by atoms with van der Waals surface area (Å²) in [5.41, 5.74) is 2.99. The predicted molar refractivity (Wildman–Crippen MR) is 137 cm³/mol. The molecule has 0 radical (unpaired) electrons. The molecule has 0 saturated heterocycles. The van der Waals surface area contributed by atoms with Gasteiger partial charge in [-0.15, -0.1) is 0 Å². The molecule has 0 spiro atoms. The zero-order chi connectivity index (χ0) is 26.2. The van der Waals surface area contributed by atoms with Crippen molar-refractivity contribution in [3.05, 3.63) is 97.9 Å². The van der Waals surface area contributed by atoms with Crippen molar-refractivity contribution in [2.24, 2.45) is 0 Å². The highest BCUT2D eigenvalue weighted by atomic mass is 79.9. The lowest BCUT2D eigenvalue weighted by Crippen LogP contribution is -2.22. The highest BCUT2D eigenvalue weighted by Gasteiger charge is 2.20. The van der Waals surface area contributed by atoms with Crippen molar-refractivity contribution in [2.75, 3.05) is 0 Å². The summed E-state index contributed by atoms with van der Waals surface area (Å²) in [5.74, 6) is -0.423. The van der Waals surface area contributed by atoms with E-state index >= 15 is 0 Å². The average Bonchev–Trinajstić information content (AvgIpc) is 2.81. The summed E-state index contributed by atoms with van der Waals surface area (Å²) in [6.45, 7) is 9.66. The van der Waals surface area contributed by atoms with Gasteiger partial charge in [0.2, 0.25) is 0 Å². The summed E-state index contributed by atoms with van der Waals surface area (Å²) in [7, 11) is 0. The number of nitrogens with zero attached hydrogens (tertiary/aromatic N) is 4. The highest BCUT2D eigenvalue weighted by Crippen LogP contribution is 2.28. The van der Waals surface area contributed by atoms with Gasteiger partial charge in [0, 0.05) is 41.2 Å².